The van der Waals surface area contributed by atoms with Crippen LogP contribution in [0.4, 0.5) is 5.69 Å². The molecule has 2 N–H and O–H groups in total. The quantitative estimate of drug-likeness (QED) is 0.337. The van der Waals surface area contributed by atoms with Crippen molar-refractivity contribution in [1.29, 1.82) is 0 Å². The fourth-order valence-corrected chi connectivity index (χ4v) is 1.03. The van der Waals surface area contributed by atoms with E-state index in [1.165, 1.54) is 30.3 Å². The Hall–Kier alpha value is -2.01. The highest BCUT2D eigenvalue weighted by Gasteiger charge is 2.07. The van der Waals surface area contributed by atoms with Crippen molar-refractivity contribution in [3.63, 3.8) is 0 Å². The zero-order valence-corrected chi connectivity index (χ0v) is 8.21. The number of carbonyl (C=O) groups is 1. The molecule has 1 aromatic rings. The molecule has 0 spiro atoms. The van der Waals surface area contributed by atoms with Gasteiger partial charge in [0, 0.05) is 23.8 Å². The number of hydrogen-bond donors (Lipinski definition) is 1. The summed E-state index contributed by atoms with van der Waals surface area (Å²) in [6.07, 6.45) is 3.05. The molecule has 0 amide bonds. The Morgan fingerprint density at radius 2 is 2.00 bits per heavy atom. The molecular formula is C10H11N2O3+. The zero-order chi connectivity index (χ0) is 11.3. The second kappa shape index (κ2) is 5.02. The molecule has 0 heterocycles. The van der Waals surface area contributed by atoms with Crippen molar-refractivity contribution in [2.45, 2.75) is 0 Å². The number of carbonyl (C=O) groups excluding carboxylic acids is 1. The standard InChI is InChI=1S/C10H10N2O3/c1-11-7-6-10(13)8-2-4-9(5-3-8)12(14)15/h2-7,11H,1H3/p+1/b7-6+. The first-order chi connectivity index (χ1) is 7.15. The molecule has 0 aliphatic carbocycles. The maximum absolute atomic E-state index is 11.4. The van der Waals surface area contributed by atoms with Crippen molar-refractivity contribution in [3.8, 4) is 0 Å². The summed E-state index contributed by atoms with van der Waals surface area (Å²) in [5, 5.41) is 12.1. The summed E-state index contributed by atoms with van der Waals surface area (Å²) in [6.45, 7) is 0. The number of allylic oxidation sites excluding steroid dienone is 1. The molecule has 5 heteroatoms. The molecule has 0 bridgehead atoms. The van der Waals surface area contributed by atoms with Crippen LogP contribution in [-0.4, -0.2) is 17.8 Å². The molecule has 1 rings (SSSR count). The number of quaternary nitrogens is 1. The molecule has 78 valence electrons. The Morgan fingerprint density at radius 1 is 1.40 bits per heavy atom. The number of nitro groups is 1. The second-order valence-corrected chi connectivity index (χ2v) is 2.86. The predicted molar refractivity (Wildman–Crippen MR) is 54.4 cm³/mol. The highest BCUT2D eigenvalue weighted by atomic mass is 16.6. The minimum atomic E-state index is -0.496. The number of nitrogens with zero attached hydrogens (tertiary/aromatic N) is 1. The third-order valence-corrected chi connectivity index (χ3v) is 1.80. The lowest BCUT2D eigenvalue weighted by Gasteiger charge is -1.94. The van der Waals surface area contributed by atoms with E-state index < -0.39 is 4.92 Å². The van der Waals surface area contributed by atoms with Gasteiger partial charge in [0.2, 0.25) is 0 Å². The van der Waals surface area contributed by atoms with Gasteiger partial charge in [-0.25, -0.2) is 0 Å². The van der Waals surface area contributed by atoms with E-state index in [2.05, 4.69) is 0 Å². The van der Waals surface area contributed by atoms with Crippen LogP contribution < -0.4 is 5.32 Å². The van der Waals surface area contributed by atoms with E-state index >= 15 is 0 Å². The van der Waals surface area contributed by atoms with Crippen LogP contribution in [0.25, 0.3) is 0 Å². The Morgan fingerprint density at radius 3 is 2.47 bits per heavy atom. The Bertz CT molecular complexity index is 396. The number of nitro benzene ring substituents is 1. The average Bonchev–Trinajstić information content (AvgIpc) is 2.26. The molecular weight excluding hydrogens is 196 g/mol. The van der Waals surface area contributed by atoms with E-state index in [1.54, 1.807) is 18.6 Å². The van der Waals surface area contributed by atoms with Gasteiger partial charge in [-0.1, -0.05) is 0 Å². The van der Waals surface area contributed by atoms with Gasteiger partial charge in [0.1, 0.15) is 0 Å². The number of hydrogen-bond acceptors (Lipinski definition) is 3. The van der Waals surface area contributed by atoms with E-state index in [4.69, 9.17) is 0 Å². The molecule has 15 heavy (non-hydrogen) atoms. The monoisotopic (exact) mass is 207 g/mol. The SMILES string of the molecule is C[NH2+]/C=C/C(=O)c1ccc([N+](=O)[O-])cc1. The smallest absolute Gasteiger partial charge is 0.269 e. The van der Waals surface area contributed by atoms with E-state index in [0.29, 0.717) is 5.56 Å². The Balaban J connectivity index is 2.84. The Kier molecular flexibility index (Phi) is 3.70. The van der Waals surface area contributed by atoms with Crippen LogP contribution in [0, 0.1) is 10.1 Å². The van der Waals surface area contributed by atoms with Crippen LogP contribution in [0.3, 0.4) is 0 Å². The number of ketones is 1. The molecule has 0 aliphatic rings. The van der Waals surface area contributed by atoms with Gasteiger partial charge < -0.3 is 5.32 Å². The summed E-state index contributed by atoms with van der Waals surface area (Å²) in [6, 6.07) is 5.52. The lowest BCUT2D eigenvalue weighted by Crippen LogP contribution is -2.72. The highest BCUT2D eigenvalue weighted by Crippen LogP contribution is 2.12. The van der Waals surface area contributed by atoms with Crippen molar-refractivity contribution >= 4 is 11.5 Å². The largest absolute Gasteiger partial charge is 0.322 e. The summed E-state index contributed by atoms with van der Waals surface area (Å²) in [7, 11) is 1.81. The van der Waals surface area contributed by atoms with Crippen LogP contribution in [0.15, 0.2) is 36.5 Å². The number of nitrogens with two attached hydrogens (primary N) is 1. The fraction of sp³-hybridized carbons (Fsp3) is 0.100. The Labute approximate surface area is 86.6 Å². The van der Waals surface area contributed by atoms with Gasteiger partial charge in [0.15, 0.2) is 5.78 Å². The van der Waals surface area contributed by atoms with Gasteiger partial charge in [-0.05, 0) is 12.1 Å². The molecule has 5 nitrogen and oxygen atoms in total. The summed E-state index contributed by atoms with van der Waals surface area (Å²) < 4.78 is 0. The van der Waals surface area contributed by atoms with Gasteiger partial charge >= 0.3 is 0 Å². The molecule has 1 aromatic carbocycles. The first kappa shape index (κ1) is 11.1. The zero-order valence-electron chi connectivity index (χ0n) is 8.21. The third-order valence-electron chi connectivity index (χ3n) is 1.80. The molecule has 0 unspecified atom stereocenters. The number of rotatable bonds is 4. The van der Waals surface area contributed by atoms with Crippen LogP contribution in [0.5, 0.6) is 0 Å². The first-order valence-electron chi connectivity index (χ1n) is 4.40. The van der Waals surface area contributed by atoms with Gasteiger partial charge in [0.25, 0.3) is 5.69 Å². The van der Waals surface area contributed by atoms with Crippen LogP contribution in [-0.2, 0) is 0 Å². The number of non-ortho nitro benzene ring substituents is 1. The van der Waals surface area contributed by atoms with Crippen molar-refractivity contribution in [2.24, 2.45) is 0 Å². The predicted octanol–water partition coefficient (Wildman–Crippen LogP) is 0.484. The summed E-state index contributed by atoms with van der Waals surface area (Å²) in [5.74, 6) is -0.164. The van der Waals surface area contributed by atoms with Crippen LogP contribution in [0.2, 0.25) is 0 Å². The van der Waals surface area contributed by atoms with Crippen LogP contribution in [0.1, 0.15) is 10.4 Å². The van der Waals surface area contributed by atoms with E-state index in [1.807, 2.05) is 0 Å². The fourth-order valence-electron chi connectivity index (χ4n) is 1.03. The second-order valence-electron chi connectivity index (χ2n) is 2.86. The molecule has 0 saturated carbocycles. The molecule has 0 radical (unpaired) electrons. The van der Waals surface area contributed by atoms with Crippen molar-refractivity contribution < 1.29 is 15.0 Å². The van der Waals surface area contributed by atoms with Crippen molar-refractivity contribution in [1.82, 2.24) is 0 Å². The van der Waals surface area contributed by atoms with Crippen molar-refractivity contribution in [2.75, 3.05) is 7.05 Å². The summed E-state index contributed by atoms with van der Waals surface area (Å²) in [4.78, 5) is 21.3. The summed E-state index contributed by atoms with van der Waals surface area (Å²) in [5.41, 5.74) is 0.427. The van der Waals surface area contributed by atoms with Gasteiger partial charge in [-0.2, -0.15) is 0 Å². The van der Waals surface area contributed by atoms with E-state index in [-0.39, 0.29) is 11.5 Å². The molecule has 0 aromatic heterocycles. The molecule has 0 atom stereocenters. The number of benzene rings is 1. The van der Waals surface area contributed by atoms with Gasteiger partial charge in [-0.15, -0.1) is 0 Å². The van der Waals surface area contributed by atoms with E-state index in [9.17, 15) is 14.9 Å². The highest BCUT2D eigenvalue weighted by molar-refractivity contribution is 6.04. The lowest BCUT2D eigenvalue weighted by atomic mass is 10.1. The lowest BCUT2D eigenvalue weighted by molar-refractivity contribution is -0.556. The maximum Gasteiger partial charge on any atom is 0.269 e. The third kappa shape index (κ3) is 2.99. The van der Waals surface area contributed by atoms with Gasteiger partial charge in [0.05, 0.1) is 18.2 Å². The average molecular weight is 207 g/mol. The first-order valence-corrected chi connectivity index (χ1v) is 4.40. The summed E-state index contributed by atoms with van der Waals surface area (Å²) >= 11 is 0. The minimum absolute atomic E-state index is 0.0161. The topological polar surface area (TPSA) is 76.8 Å². The molecule has 0 fully saturated rings. The maximum atomic E-state index is 11.4. The van der Waals surface area contributed by atoms with Crippen molar-refractivity contribution in [3.05, 3.63) is 52.2 Å². The van der Waals surface area contributed by atoms with E-state index in [0.717, 1.165) is 0 Å². The van der Waals surface area contributed by atoms with Gasteiger partial charge in [-0.3, -0.25) is 14.9 Å². The normalized spacial score (nSPS) is 10.5. The minimum Gasteiger partial charge on any atom is -0.322 e. The molecule has 0 aliphatic heterocycles. The van der Waals surface area contributed by atoms with Crippen LogP contribution >= 0.6 is 0 Å². The molecule has 0 saturated heterocycles.